The normalized spacial score (nSPS) is 21.0. The van der Waals surface area contributed by atoms with Crippen molar-refractivity contribution in [3.63, 3.8) is 0 Å². The van der Waals surface area contributed by atoms with E-state index in [4.69, 9.17) is 18.9 Å². The van der Waals surface area contributed by atoms with Gasteiger partial charge in [0.25, 0.3) is 0 Å². The molecular formula is C40H49NO4. The van der Waals surface area contributed by atoms with Gasteiger partial charge < -0.3 is 18.9 Å². The van der Waals surface area contributed by atoms with Gasteiger partial charge in [-0.25, -0.2) is 0 Å². The summed E-state index contributed by atoms with van der Waals surface area (Å²) in [6, 6.07) is 42.0. The van der Waals surface area contributed by atoms with E-state index in [1.165, 1.54) is 5.56 Å². The van der Waals surface area contributed by atoms with Crippen molar-refractivity contribution in [2.24, 2.45) is 0 Å². The van der Waals surface area contributed by atoms with Crippen LogP contribution in [0, 0.1) is 0 Å². The number of likely N-dealkylation sites (tertiary alicyclic amines) is 1. The molecule has 4 aromatic carbocycles. The van der Waals surface area contributed by atoms with Crippen LogP contribution in [0.4, 0.5) is 0 Å². The van der Waals surface area contributed by atoms with Crippen molar-refractivity contribution in [3.8, 4) is 0 Å². The Kier molecular flexibility index (Phi) is 13.2. The predicted molar refractivity (Wildman–Crippen MR) is 181 cm³/mol. The highest BCUT2D eigenvalue weighted by Crippen LogP contribution is 2.32. The molecule has 1 fully saturated rings. The molecule has 5 heteroatoms. The largest absolute Gasteiger partial charge is 0.375 e. The van der Waals surface area contributed by atoms with Gasteiger partial charge in [-0.05, 0) is 35.1 Å². The lowest BCUT2D eigenvalue weighted by molar-refractivity contribution is -0.216. The lowest BCUT2D eigenvalue weighted by atomic mass is 9.90. The number of rotatable bonds is 17. The summed E-state index contributed by atoms with van der Waals surface area (Å²) in [7, 11) is 0. The van der Waals surface area contributed by atoms with Crippen molar-refractivity contribution >= 4 is 0 Å². The maximum atomic E-state index is 6.94. The quantitative estimate of drug-likeness (QED) is 0.121. The van der Waals surface area contributed by atoms with Gasteiger partial charge in [0.15, 0.2) is 0 Å². The number of piperidine rings is 1. The molecule has 5 atom stereocenters. The average Bonchev–Trinajstić information content (AvgIpc) is 3.10. The highest BCUT2D eigenvalue weighted by molar-refractivity contribution is 5.16. The maximum absolute atomic E-state index is 6.94. The van der Waals surface area contributed by atoms with Gasteiger partial charge in [0.05, 0.1) is 45.2 Å². The first kappa shape index (κ1) is 33.1. The zero-order valence-electron chi connectivity index (χ0n) is 26.9. The van der Waals surface area contributed by atoms with E-state index in [-0.39, 0.29) is 24.4 Å². The molecule has 5 nitrogen and oxygen atoms in total. The molecule has 0 aliphatic carbocycles. The molecule has 1 aliphatic rings. The first-order valence-corrected chi connectivity index (χ1v) is 16.6. The highest BCUT2D eigenvalue weighted by Gasteiger charge is 2.47. The molecule has 0 radical (unpaired) electrons. The molecule has 4 aromatic rings. The molecule has 0 spiro atoms. The Morgan fingerprint density at radius 2 is 1.02 bits per heavy atom. The summed E-state index contributed by atoms with van der Waals surface area (Å²) in [5.41, 5.74) is 4.60. The van der Waals surface area contributed by atoms with E-state index in [0.29, 0.717) is 39.1 Å². The zero-order chi connectivity index (χ0) is 31.1. The Labute approximate surface area is 270 Å². The molecule has 0 N–H and O–H groups in total. The standard InChI is InChI=1S/C40H49NO4/c1-3-17-36(4-2)41-26-38(43-28-33-20-11-6-12-21-33)40(45-30-35-24-15-8-16-25-35)39(44-29-34-22-13-7-14-23-34)37(41)31-42-27-32-18-9-5-10-19-32/h5-16,18-25,36-40H,3-4,17,26-31H2,1-2H3/t36?,37-,38-,39+,40+/m0/s1. The molecule has 0 amide bonds. The Balaban J connectivity index is 1.46. The fraction of sp³-hybridized carbons (Fsp3) is 0.400. The third-order valence-corrected chi connectivity index (χ3v) is 8.73. The Hall–Kier alpha value is -3.32. The van der Waals surface area contributed by atoms with Crippen molar-refractivity contribution in [1.29, 1.82) is 0 Å². The van der Waals surface area contributed by atoms with Crippen molar-refractivity contribution in [2.75, 3.05) is 13.2 Å². The van der Waals surface area contributed by atoms with Gasteiger partial charge in [-0.15, -0.1) is 0 Å². The van der Waals surface area contributed by atoms with E-state index >= 15 is 0 Å². The molecule has 238 valence electrons. The summed E-state index contributed by atoms with van der Waals surface area (Å²) in [6.07, 6.45) is 2.56. The minimum atomic E-state index is -0.279. The van der Waals surface area contributed by atoms with E-state index in [9.17, 15) is 0 Å². The van der Waals surface area contributed by atoms with Gasteiger partial charge in [0, 0.05) is 12.6 Å². The first-order valence-electron chi connectivity index (χ1n) is 16.6. The fourth-order valence-electron chi connectivity index (χ4n) is 6.35. The van der Waals surface area contributed by atoms with Gasteiger partial charge in [-0.1, -0.05) is 142 Å². The zero-order valence-corrected chi connectivity index (χ0v) is 26.9. The highest BCUT2D eigenvalue weighted by atomic mass is 16.6. The van der Waals surface area contributed by atoms with Gasteiger partial charge in [-0.3, -0.25) is 4.90 Å². The first-order chi connectivity index (χ1) is 22.2. The molecule has 1 unspecified atom stereocenters. The van der Waals surface area contributed by atoms with E-state index in [0.717, 1.165) is 42.5 Å². The third kappa shape index (κ3) is 9.83. The Morgan fingerprint density at radius 3 is 1.49 bits per heavy atom. The molecule has 0 aromatic heterocycles. The van der Waals surface area contributed by atoms with Gasteiger partial charge in [-0.2, -0.15) is 0 Å². The third-order valence-electron chi connectivity index (χ3n) is 8.73. The maximum Gasteiger partial charge on any atom is 0.113 e. The lowest BCUT2D eigenvalue weighted by Gasteiger charge is -2.51. The van der Waals surface area contributed by atoms with Crippen LogP contribution in [0.25, 0.3) is 0 Å². The van der Waals surface area contributed by atoms with Crippen molar-refractivity contribution < 1.29 is 18.9 Å². The second-order valence-corrected chi connectivity index (χ2v) is 12.0. The summed E-state index contributed by atoms with van der Waals surface area (Å²) in [5, 5.41) is 0. The number of hydrogen-bond acceptors (Lipinski definition) is 5. The van der Waals surface area contributed by atoms with Crippen LogP contribution in [-0.4, -0.2) is 48.4 Å². The Morgan fingerprint density at radius 1 is 0.578 bits per heavy atom. The molecule has 0 saturated carbocycles. The van der Waals surface area contributed by atoms with E-state index in [1.54, 1.807) is 0 Å². The molecule has 5 rings (SSSR count). The topological polar surface area (TPSA) is 40.2 Å². The van der Waals surface area contributed by atoms with Crippen molar-refractivity contribution in [3.05, 3.63) is 144 Å². The molecule has 0 bridgehead atoms. The van der Waals surface area contributed by atoms with Crippen LogP contribution in [0.15, 0.2) is 121 Å². The fourth-order valence-corrected chi connectivity index (χ4v) is 6.35. The molecular weight excluding hydrogens is 558 g/mol. The minimum Gasteiger partial charge on any atom is -0.375 e. The minimum absolute atomic E-state index is 0.00581. The second-order valence-electron chi connectivity index (χ2n) is 12.0. The number of nitrogens with zero attached hydrogens (tertiary/aromatic N) is 1. The monoisotopic (exact) mass is 607 g/mol. The van der Waals surface area contributed by atoms with E-state index in [1.807, 2.05) is 24.3 Å². The second kappa shape index (κ2) is 18.0. The number of ether oxygens (including phenoxy) is 4. The molecule has 1 saturated heterocycles. The SMILES string of the molecule is CCCC(CC)N1C[C@H](OCc2ccccc2)[C@@H](OCc2ccccc2)[C@H](OCc2ccccc2)[C@@H]1COCc1ccccc1. The van der Waals surface area contributed by atoms with Crippen LogP contribution in [-0.2, 0) is 45.4 Å². The van der Waals surface area contributed by atoms with Crippen LogP contribution in [0.1, 0.15) is 55.4 Å². The molecule has 1 aliphatic heterocycles. The summed E-state index contributed by atoms with van der Waals surface area (Å²) < 4.78 is 27.1. The van der Waals surface area contributed by atoms with E-state index in [2.05, 4.69) is 116 Å². The van der Waals surface area contributed by atoms with Gasteiger partial charge in [0.1, 0.15) is 12.2 Å². The van der Waals surface area contributed by atoms with Crippen molar-refractivity contribution in [1.82, 2.24) is 4.90 Å². The average molecular weight is 608 g/mol. The van der Waals surface area contributed by atoms with Crippen molar-refractivity contribution in [2.45, 2.75) is 89.9 Å². The van der Waals surface area contributed by atoms with Crippen LogP contribution < -0.4 is 0 Å². The summed E-state index contributed by atoms with van der Waals surface area (Å²) in [4.78, 5) is 2.61. The number of hydrogen-bond donors (Lipinski definition) is 0. The summed E-state index contributed by atoms with van der Waals surface area (Å²) >= 11 is 0. The summed E-state index contributed by atoms with van der Waals surface area (Å²) in [5.74, 6) is 0. The lowest BCUT2D eigenvalue weighted by Crippen LogP contribution is -2.66. The van der Waals surface area contributed by atoms with E-state index < -0.39 is 0 Å². The molecule has 1 heterocycles. The van der Waals surface area contributed by atoms with Crippen LogP contribution in [0.5, 0.6) is 0 Å². The smallest absolute Gasteiger partial charge is 0.113 e. The molecule has 45 heavy (non-hydrogen) atoms. The number of benzene rings is 4. The predicted octanol–water partition coefficient (Wildman–Crippen LogP) is 8.22. The van der Waals surface area contributed by atoms with Crippen LogP contribution >= 0.6 is 0 Å². The van der Waals surface area contributed by atoms with Crippen LogP contribution in [0.3, 0.4) is 0 Å². The van der Waals surface area contributed by atoms with Crippen LogP contribution in [0.2, 0.25) is 0 Å². The summed E-state index contributed by atoms with van der Waals surface area (Å²) in [6.45, 7) is 7.94. The van der Waals surface area contributed by atoms with Gasteiger partial charge in [0.2, 0.25) is 0 Å². The van der Waals surface area contributed by atoms with Gasteiger partial charge >= 0.3 is 0 Å². The Bertz CT molecular complexity index is 1340.